The molecule has 1 aromatic carbocycles. The van der Waals surface area contributed by atoms with Crippen molar-refractivity contribution in [1.82, 2.24) is 4.98 Å². The number of aromatic nitrogens is 1. The van der Waals surface area contributed by atoms with E-state index in [2.05, 4.69) is 4.98 Å². The van der Waals surface area contributed by atoms with E-state index in [1.165, 1.54) is 0 Å². The largest absolute Gasteiger partial charge is 0.376 e. The van der Waals surface area contributed by atoms with Crippen molar-refractivity contribution < 1.29 is 4.74 Å². The Labute approximate surface area is 87.7 Å². The highest BCUT2D eigenvalue weighted by Crippen LogP contribution is 2.07. The normalized spacial score (nSPS) is 10.7. The smallest absolute Gasteiger partial charge is 0.189 e. The number of H-pyrrole nitrogens is 1. The van der Waals surface area contributed by atoms with E-state index < -0.39 is 0 Å². The summed E-state index contributed by atoms with van der Waals surface area (Å²) in [6, 6.07) is 9.07. The Balaban J connectivity index is 2.48. The van der Waals surface area contributed by atoms with E-state index in [0.717, 1.165) is 16.6 Å². The number of para-hydroxylation sites is 1. The Hall–Kier alpha value is -1.61. The van der Waals surface area contributed by atoms with Gasteiger partial charge in [-0.2, -0.15) is 0 Å². The molecule has 2 aromatic rings. The van der Waals surface area contributed by atoms with Gasteiger partial charge < -0.3 is 9.72 Å². The average Bonchev–Trinajstić information content (AvgIpc) is 2.26. The number of benzene rings is 1. The summed E-state index contributed by atoms with van der Waals surface area (Å²) in [6.45, 7) is 3.03. The number of nitrogens with one attached hydrogen (secondary N) is 1. The lowest BCUT2D eigenvalue weighted by atomic mass is 10.2. The van der Waals surface area contributed by atoms with Crippen LogP contribution in [0.5, 0.6) is 0 Å². The molecule has 1 heterocycles. The standard InChI is InChI=1S/C12H13NO2/c1-2-15-8-9-7-12(14)10-5-3-4-6-11(10)13-9/h3-7H,2,8H2,1H3,(H,13,14). The molecule has 0 saturated heterocycles. The minimum absolute atomic E-state index is 0.0408. The average molecular weight is 203 g/mol. The van der Waals surface area contributed by atoms with E-state index >= 15 is 0 Å². The van der Waals surface area contributed by atoms with Gasteiger partial charge in [0, 0.05) is 29.3 Å². The van der Waals surface area contributed by atoms with Gasteiger partial charge in [-0.1, -0.05) is 12.1 Å². The zero-order valence-corrected chi connectivity index (χ0v) is 8.62. The number of hydrogen-bond acceptors (Lipinski definition) is 2. The third-order valence-electron chi connectivity index (χ3n) is 2.25. The summed E-state index contributed by atoms with van der Waals surface area (Å²) in [5.74, 6) is 0. The van der Waals surface area contributed by atoms with Gasteiger partial charge in [0.1, 0.15) is 0 Å². The molecule has 1 N–H and O–H groups in total. The second-order valence-electron chi connectivity index (χ2n) is 3.34. The molecule has 1 aromatic heterocycles. The Kier molecular flexibility index (Phi) is 2.83. The quantitative estimate of drug-likeness (QED) is 0.829. The molecule has 3 heteroatoms. The number of ether oxygens (including phenoxy) is 1. The van der Waals surface area contributed by atoms with Crippen molar-refractivity contribution >= 4 is 10.9 Å². The summed E-state index contributed by atoms with van der Waals surface area (Å²) in [4.78, 5) is 14.9. The van der Waals surface area contributed by atoms with Crippen molar-refractivity contribution in [2.24, 2.45) is 0 Å². The van der Waals surface area contributed by atoms with Gasteiger partial charge in [-0.25, -0.2) is 0 Å². The number of rotatable bonds is 3. The van der Waals surface area contributed by atoms with E-state index in [1.54, 1.807) is 6.07 Å². The predicted octanol–water partition coefficient (Wildman–Crippen LogP) is 2.06. The van der Waals surface area contributed by atoms with Gasteiger partial charge >= 0.3 is 0 Å². The fourth-order valence-electron chi connectivity index (χ4n) is 1.54. The molecule has 3 nitrogen and oxygen atoms in total. The van der Waals surface area contributed by atoms with Crippen LogP contribution in [-0.4, -0.2) is 11.6 Å². The van der Waals surface area contributed by atoms with E-state index in [1.807, 2.05) is 31.2 Å². The monoisotopic (exact) mass is 203 g/mol. The maximum atomic E-state index is 11.7. The van der Waals surface area contributed by atoms with Crippen molar-refractivity contribution in [3.05, 3.63) is 46.2 Å². The van der Waals surface area contributed by atoms with Gasteiger partial charge in [0.15, 0.2) is 5.43 Å². The van der Waals surface area contributed by atoms with Crippen LogP contribution in [0.15, 0.2) is 35.1 Å². The third-order valence-corrected chi connectivity index (χ3v) is 2.25. The zero-order valence-electron chi connectivity index (χ0n) is 8.62. The van der Waals surface area contributed by atoms with Gasteiger partial charge in [-0.3, -0.25) is 4.79 Å². The lowest BCUT2D eigenvalue weighted by Crippen LogP contribution is -2.06. The maximum absolute atomic E-state index is 11.7. The van der Waals surface area contributed by atoms with Crippen molar-refractivity contribution in [3.8, 4) is 0 Å². The van der Waals surface area contributed by atoms with Crippen LogP contribution in [0.3, 0.4) is 0 Å². The first kappa shape index (κ1) is 9.93. The summed E-state index contributed by atoms with van der Waals surface area (Å²) in [5.41, 5.74) is 1.72. The summed E-state index contributed by atoms with van der Waals surface area (Å²) < 4.78 is 5.25. The van der Waals surface area contributed by atoms with Crippen LogP contribution in [0.2, 0.25) is 0 Å². The first-order valence-electron chi connectivity index (χ1n) is 5.00. The number of aromatic amines is 1. The van der Waals surface area contributed by atoms with E-state index in [0.29, 0.717) is 13.2 Å². The van der Waals surface area contributed by atoms with E-state index in [-0.39, 0.29) is 5.43 Å². The molecular formula is C12H13NO2. The Bertz CT molecular complexity index is 516. The molecule has 15 heavy (non-hydrogen) atoms. The highest BCUT2D eigenvalue weighted by Gasteiger charge is 2.00. The molecule has 0 aliphatic carbocycles. The Morgan fingerprint density at radius 2 is 2.13 bits per heavy atom. The van der Waals surface area contributed by atoms with Crippen molar-refractivity contribution in [2.75, 3.05) is 6.61 Å². The molecule has 0 aliphatic rings. The molecule has 0 bridgehead atoms. The highest BCUT2D eigenvalue weighted by atomic mass is 16.5. The number of hydrogen-bond donors (Lipinski definition) is 1. The molecule has 0 spiro atoms. The fourth-order valence-corrected chi connectivity index (χ4v) is 1.54. The van der Waals surface area contributed by atoms with E-state index in [9.17, 15) is 4.79 Å². The maximum Gasteiger partial charge on any atom is 0.189 e. The molecule has 0 unspecified atom stereocenters. The molecule has 0 saturated carbocycles. The van der Waals surface area contributed by atoms with Gasteiger partial charge in [-0.15, -0.1) is 0 Å². The Morgan fingerprint density at radius 3 is 2.93 bits per heavy atom. The molecule has 0 amide bonds. The van der Waals surface area contributed by atoms with Crippen LogP contribution in [0, 0.1) is 0 Å². The molecule has 0 aliphatic heterocycles. The van der Waals surface area contributed by atoms with Crippen LogP contribution >= 0.6 is 0 Å². The summed E-state index contributed by atoms with van der Waals surface area (Å²) in [7, 11) is 0. The summed E-state index contributed by atoms with van der Waals surface area (Å²) in [6.07, 6.45) is 0. The van der Waals surface area contributed by atoms with Crippen molar-refractivity contribution in [3.63, 3.8) is 0 Å². The summed E-state index contributed by atoms with van der Waals surface area (Å²) >= 11 is 0. The zero-order chi connectivity index (χ0) is 10.7. The highest BCUT2D eigenvalue weighted by molar-refractivity contribution is 5.78. The molecule has 0 atom stereocenters. The first-order chi connectivity index (χ1) is 7.31. The fraction of sp³-hybridized carbons (Fsp3) is 0.250. The third kappa shape index (κ3) is 2.07. The summed E-state index contributed by atoms with van der Waals surface area (Å²) in [5, 5.41) is 0.720. The second kappa shape index (κ2) is 4.28. The van der Waals surface area contributed by atoms with Gasteiger partial charge in [0.2, 0.25) is 0 Å². The molecular weight excluding hydrogens is 190 g/mol. The van der Waals surface area contributed by atoms with E-state index in [4.69, 9.17) is 4.74 Å². The molecule has 0 fully saturated rings. The molecule has 78 valence electrons. The predicted molar refractivity (Wildman–Crippen MR) is 59.9 cm³/mol. The van der Waals surface area contributed by atoms with Crippen molar-refractivity contribution in [2.45, 2.75) is 13.5 Å². The van der Waals surface area contributed by atoms with Crippen LogP contribution in [0.1, 0.15) is 12.6 Å². The van der Waals surface area contributed by atoms with Gasteiger partial charge in [0.05, 0.1) is 6.61 Å². The molecule has 2 rings (SSSR count). The minimum Gasteiger partial charge on any atom is -0.376 e. The van der Waals surface area contributed by atoms with Crippen LogP contribution in [-0.2, 0) is 11.3 Å². The van der Waals surface area contributed by atoms with Gasteiger partial charge in [0.25, 0.3) is 0 Å². The number of pyridine rings is 1. The van der Waals surface area contributed by atoms with Crippen LogP contribution < -0.4 is 5.43 Å². The Morgan fingerprint density at radius 1 is 1.33 bits per heavy atom. The lowest BCUT2D eigenvalue weighted by molar-refractivity contribution is 0.131. The minimum atomic E-state index is 0.0408. The first-order valence-corrected chi connectivity index (χ1v) is 5.00. The number of fused-ring (bicyclic) bond motifs is 1. The lowest BCUT2D eigenvalue weighted by Gasteiger charge is -2.03. The molecule has 0 radical (unpaired) electrons. The SMILES string of the molecule is CCOCc1cc(=O)c2ccccc2[nH]1. The van der Waals surface area contributed by atoms with Crippen LogP contribution in [0.4, 0.5) is 0 Å². The van der Waals surface area contributed by atoms with Crippen molar-refractivity contribution in [1.29, 1.82) is 0 Å². The topological polar surface area (TPSA) is 42.1 Å². The second-order valence-corrected chi connectivity index (χ2v) is 3.34. The van der Waals surface area contributed by atoms with Crippen LogP contribution in [0.25, 0.3) is 10.9 Å². The van der Waals surface area contributed by atoms with Gasteiger partial charge in [-0.05, 0) is 19.1 Å².